The van der Waals surface area contributed by atoms with Gasteiger partial charge in [-0.1, -0.05) is 0 Å². The molecule has 0 saturated carbocycles. The van der Waals surface area contributed by atoms with Gasteiger partial charge in [-0.3, -0.25) is 0 Å². The van der Waals surface area contributed by atoms with Crippen molar-refractivity contribution < 1.29 is 20.3 Å². The third-order valence-corrected chi connectivity index (χ3v) is 0.500. The quantitative estimate of drug-likeness (QED) is 0.257. The Morgan fingerprint density at radius 3 is 1.29 bits per heavy atom. The van der Waals surface area contributed by atoms with Crippen LogP contribution in [0.5, 0.6) is 0 Å². The van der Waals surface area contributed by atoms with E-state index in [1.807, 2.05) is 0 Å². The van der Waals surface area contributed by atoms with Crippen LogP contribution >= 0.6 is 0 Å². The molecule has 1 heterocycles. The molecule has 7 heavy (non-hydrogen) atoms. The molecule has 3 nitrogen and oxygen atoms in total. The first-order valence-corrected chi connectivity index (χ1v) is 1.73. The van der Waals surface area contributed by atoms with Gasteiger partial charge in [-0.15, -0.1) is 0 Å². The molecule has 0 aromatic rings. The van der Waals surface area contributed by atoms with E-state index in [1.54, 1.807) is 22.6 Å². The van der Waals surface area contributed by atoms with Crippen molar-refractivity contribution in [3.63, 3.8) is 0 Å². The average Bonchev–Trinajstić information content (AvgIpc) is 1.72. The van der Waals surface area contributed by atoms with Crippen molar-refractivity contribution in [2.24, 2.45) is 0 Å². The largest absolute Gasteiger partial charge is 1.00 e. The van der Waals surface area contributed by atoms with Crippen molar-refractivity contribution in [1.29, 1.82) is 0 Å². The standard InChI is InChI=1S/B3H3N3.Li.H/c1-4-2-6-3-5-1;;/h4-6H;;/q;+1;-1. The smallest absolute Gasteiger partial charge is 1.00 e. The maximum absolute atomic E-state index is 2.78. The van der Waals surface area contributed by atoms with Crippen molar-refractivity contribution in [2.75, 3.05) is 0 Å². The van der Waals surface area contributed by atoms with Gasteiger partial charge in [0.2, 0.25) is 0 Å². The molecule has 1 aliphatic heterocycles. The Kier molecular flexibility index (Phi) is 5.29. The van der Waals surface area contributed by atoms with Crippen LogP contribution in [0, 0.1) is 0 Å². The molecule has 0 spiro atoms. The Bertz CT molecular complexity index is 30.0. The summed E-state index contributed by atoms with van der Waals surface area (Å²) in [6.45, 7) is 0. The fourth-order valence-corrected chi connectivity index (χ4v) is 0.269. The van der Waals surface area contributed by atoms with Gasteiger partial charge in [0.05, 0.1) is 0 Å². The van der Waals surface area contributed by atoms with E-state index in [9.17, 15) is 0 Å². The van der Waals surface area contributed by atoms with Gasteiger partial charge in [0, 0.05) is 0 Å². The van der Waals surface area contributed by atoms with Gasteiger partial charge in [0.15, 0.2) is 0 Å². The second-order valence-corrected chi connectivity index (χ2v) is 0.933. The molecule has 0 amide bonds. The van der Waals surface area contributed by atoms with E-state index >= 15 is 0 Å². The second kappa shape index (κ2) is 4.82. The first-order chi connectivity index (χ1) is 3.00. The van der Waals surface area contributed by atoms with Crippen molar-refractivity contribution in [3.05, 3.63) is 0 Å². The fraction of sp³-hybridized carbons (Fsp3) is 0. The van der Waals surface area contributed by atoms with Crippen molar-refractivity contribution >= 4 is 22.6 Å². The van der Waals surface area contributed by atoms with E-state index < -0.39 is 0 Å². The molecule has 0 unspecified atom stereocenters. The zero-order valence-corrected chi connectivity index (χ0v) is 4.23. The summed E-state index contributed by atoms with van der Waals surface area (Å²) in [6, 6.07) is 0. The van der Waals surface area contributed by atoms with E-state index in [0.29, 0.717) is 0 Å². The zero-order valence-electron chi connectivity index (χ0n) is 5.23. The predicted octanol–water partition coefficient (Wildman–Crippen LogP) is -5.51. The molecule has 7 heteroatoms. The van der Waals surface area contributed by atoms with Gasteiger partial charge < -0.3 is 16.8 Å². The van der Waals surface area contributed by atoms with E-state index in [1.165, 1.54) is 0 Å². The Morgan fingerprint density at radius 2 is 1.14 bits per heavy atom. The average molecular weight is 85.4 g/mol. The maximum atomic E-state index is 2.78. The first kappa shape index (κ1) is 7.67. The van der Waals surface area contributed by atoms with Crippen LogP contribution < -0.4 is 34.3 Å². The van der Waals surface area contributed by atoms with Gasteiger partial charge in [0.1, 0.15) is 0 Å². The van der Waals surface area contributed by atoms with Crippen LogP contribution in [0.3, 0.4) is 0 Å². The Labute approximate surface area is 58.9 Å². The Hall–Kier alpha value is 0.672. The van der Waals surface area contributed by atoms with Crippen LogP contribution in [0.4, 0.5) is 0 Å². The molecule has 1 saturated heterocycles. The topological polar surface area (TPSA) is 36.1 Å². The molecule has 1 fully saturated rings. The second-order valence-electron chi connectivity index (χ2n) is 0.933. The van der Waals surface area contributed by atoms with Crippen LogP contribution in [0.25, 0.3) is 0 Å². The molecular formula is H4B3LiN3. The van der Waals surface area contributed by atoms with Crippen LogP contribution in [0.2, 0.25) is 0 Å². The summed E-state index contributed by atoms with van der Waals surface area (Å²) in [7, 11) is 5.16. The minimum absolute atomic E-state index is 0. The van der Waals surface area contributed by atoms with E-state index in [0.717, 1.165) is 0 Å². The normalized spacial score (nSPS) is 17.1. The SMILES string of the molecule is [B]1N[B]N[B]N1.[H-].[Li+]. The van der Waals surface area contributed by atoms with Gasteiger partial charge in [-0.05, 0) is 0 Å². The minimum Gasteiger partial charge on any atom is -1.00 e. The molecule has 29 valence electrons. The Balaban J connectivity index is 0. The number of hydrogen-bond donors (Lipinski definition) is 3. The predicted molar refractivity (Wildman–Crippen MR) is 27.8 cm³/mol. The van der Waals surface area contributed by atoms with Gasteiger partial charge in [-0.2, -0.15) is 0 Å². The molecule has 0 aromatic heterocycles. The molecule has 0 bridgehead atoms. The third kappa shape index (κ3) is 3.27. The van der Waals surface area contributed by atoms with Gasteiger partial charge in [-0.25, -0.2) is 0 Å². The van der Waals surface area contributed by atoms with E-state index in [2.05, 4.69) is 15.4 Å². The molecule has 0 atom stereocenters. The van der Waals surface area contributed by atoms with Crippen molar-refractivity contribution in [2.45, 2.75) is 0 Å². The number of rotatable bonds is 0. The van der Waals surface area contributed by atoms with Crippen molar-refractivity contribution in [1.82, 2.24) is 15.4 Å². The summed E-state index contributed by atoms with van der Waals surface area (Å²) < 4.78 is 0. The summed E-state index contributed by atoms with van der Waals surface area (Å²) >= 11 is 0. The fourth-order valence-electron chi connectivity index (χ4n) is 0.269. The summed E-state index contributed by atoms with van der Waals surface area (Å²) in [6.07, 6.45) is 0. The van der Waals surface area contributed by atoms with Crippen LogP contribution in [0.1, 0.15) is 1.43 Å². The molecule has 3 radical (unpaired) electrons. The molecular weight excluding hydrogens is 81.4 g/mol. The summed E-state index contributed by atoms with van der Waals surface area (Å²) in [5.41, 5.74) is 0. The number of nitrogens with one attached hydrogen (secondary N) is 3. The summed E-state index contributed by atoms with van der Waals surface area (Å²) in [5, 5.41) is 8.34. The van der Waals surface area contributed by atoms with Crippen LogP contribution in [-0.2, 0) is 0 Å². The van der Waals surface area contributed by atoms with Crippen molar-refractivity contribution in [3.8, 4) is 0 Å². The maximum Gasteiger partial charge on any atom is 1.00 e. The monoisotopic (exact) mass is 86.1 g/mol. The van der Waals surface area contributed by atoms with Crippen LogP contribution in [0.15, 0.2) is 0 Å². The first-order valence-electron chi connectivity index (χ1n) is 1.73. The third-order valence-electron chi connectivity index (χ3n) is 0.500. The molecule has 0 aromatic carbocycles. The molecule has 1 rings (SSSR count). The van der Waals surface area contributed by atoms with E-state index in [-0.39, 0.29) is 20.3 Å². The minimum atomic E-state index is 0. The molecule has 1 aliphatic rings. The van der Waals surface area contributed by atoms with Crippen LogP contribution in [-0.4, -0.2) is 22.6 Å². The van der Waals surface area contributed by atoms with E-state index in [4.69, 9.17) is 0 Å². The molecule has 3 N–H and O–H groups in total. The van der Waals surface area contributed by atoms with Gasteiger partial charge in [0.25, 0.3) is 22.6 Å². The Morgan fingerprint density at radius 1 is 0.857 bits per heavy atom. The summed E-state index contributed by atoms with van der Waals surface area (Å²) in [5.74, 6) is 0. The summed E-state index contributed by atoms with van der Waals surface area (Å²) in [4.78, 5) is 0. The zero-order chi connectivity index (χ0) is 4.24. The molecule has 0 aliphatic carbocycles. The number of hydrogen-bond acceptors (Lipinski definition) is 3. The van der Waals surface area contributed by atoms with Gasteiger partial charge >= 0.3 is 18.9 Å².